The van der Waals surface area contributed by atoms with E-state index in [0.717, 1.165) is 0 Å². The first-order valence-corrected chi connectivity index (χ1v) is 5.25. The molecule has 0 aliphatic carbocycles. The Bertz CT molecular complexity index is 465. The molecule has 0 aliphatic heterocycles. The molecule has 0 amide bonds. The number of rotatable bonds is 5. The smallest absolute Gasteiger partial charge is 0.333 e. The van der Waals surface area contributed by atoms with Crippen molar-refractivity contribution in [1.82, 2.24) is 0 Å². The first-order chi connectivity index (χ1) is 8.36. The third-order valence-electron chi connectivity index (χ3n) is 2.41. The maximum absolute atomic E-state index is 11.6. The van der Waals surface area contributed by atoms with E-state index >= 15 is 0 Å². The van der Waals surface area contributed by atoms with Gasteiger partial charge in [0.05, 0.1) is 4.92 Å². The quantitative estimate of drug-likeness (QED) is 0.347. The minimum atomic E-state index is -0.985. The summed E-state index contributed by atoms with van der Waals surface area (Å²) in [5, 5.41) is 10.4. The number of aliphatic imine (C=N–C) groups is 1. The molecule has 96 valence electrons. The summed E-state index contributed by atoms with van der Waals surface area (Å²) in [6.07, 6.45) is 0. The molecule has 0 bridgehead atoms. The summed E-state index contributed by atoms with van der Waals surface area (Å²) in [5.41, 5.74) is -0.312. The molecule has 6 nitrogen and oxygen atoms in total. The lowest BCUT2D eigenvalue weighted by Gasteiger charge is -2.16. The predicted molar refractivity (Wildman–Crippen MR) is 66.5 cm³/mol. The number of hydrogen-bond acceptors (Lipinski definition) is 5. The zero-order chi connectivity index (χ0) is 13.8. The van der Waals surface area contributed by atoms with Crippen molar-refractivity contribution in [3.05, 3.63) is 39.9 Å². The summed E-state index contributed by atoms with van der Waals surface area (Å²) in [7, 11) is 0. The summed E-state index contributed by atoms with van der Waals surface area (Å²) < 4.78 is 5.04. The molecular formula is C12H14N2O4. The molecule has 0 unspecified atom stereocenters. The number of nitro groups is 1. The van der Waals surface area contributed by atoms with E-state index in [1.165, 1.54) is 12.1 Å². The lowest BCUT2D eigenvalue weighted by atomic mass is 10.1. The highest BCUT2D eigenvalue weighted by atomic mass is 16.6. The van der Waals surface area contributed by atoms with Crippen molar-refractivity contribution in [2.75, 3.05) is 0 Å². The standard InChI is InChI=1S/C12H14N2O4/c1-12(2,13-3)11(15)18-8-9-4-6-10(7-5-9)14(16)17/h4-7H,3,8H2,1-2H3. The average Bonchev–Trinajstić information content (AvgIpc) is 2.36. The van der Waals surface area contributed by atoms with Gasteiger partial charge in [-0.05, 0) is 38.3 Å². The van der Waals surface area contributed by atoms with Crippen LogP contribution >= 0.6 is 0 Å². The average molecular weight is 250 g/mol. The van der Waals surface area contributed by atoms with E-state index < -0.39 is 16.4 Å². The maximum atomic E-state index is 11.6. The van der Waals surface area contributed by atoms with Crippen LogP contribution in [-0.4, -0.2) is 23.1 Å². The Labute approximate surface area is 104 Å². The van der Waals surface area contributed by atoms with Crippen molar-refractivity contribution in [2.24, 2.45) is 4.99 Å². The lowest BCUT2D eigenvalue weighted by Crippen LogP contribution is -2.31. The SMILES string of the molecule is C=NC(C)(C)C(=O)OCc1ccc([N+](=O)[O-])cc1. The molecule has 1 rings (SSSR count). The topological polar surface area (TPSA) is 81.8 Å². The van der Waals surface area contributed by atoms with Crippen LogP contribution in [0.15, 0.2) is 29.3 Å². The monoisotopic (exact) mass is 250 g/mol. The fraction of sp³-hybridized carbons (Fsp3) is 0.333. The third kappa shape index (κ3) is 3.38. The largest absolute Gasteiger partial charge is 0.459 e. The van der Waals surface area contributed by atoms with Crippen LogP contribution < -0.4 is 0 Å². The van der Waals surface area contributed by atoms with Crippen molar-refractivity contribution < 1.29 is 14.5 Å². The molecule has 0 fully saturated rings. The van der Waals surface area contributed by atoms with E-state index in [9.17, 15) is 14.9 Å². The van der Waals surface area contributed by atoms with Gasteiger partial charge in [0.2, 0.25) is 0 Å². The van der Waals surface area contributed by atoms with Gasteiger partial charge >= 0.3 is 5.97 Å². The normalized spacial score (nSPS) is 10.8. The van der Waals surface area contributed by atoms with Gasteiger partial charge in [-0.1, -0.05) is 0 Å². The zero-order valence-electron chi connectivity index (χ0n) is 10.3. The maximum Gasteiger partial charge on any atom is 0.333 e. The van der Waals surface area contributed by atoms with Gasteiger partial charge in [-0.25, -0.2) is 4.79 Å². The van der Waals surface area contributed by atoms with Crippen LogP contribution in [0.2, 0.25) is 0 Å². The first kappa shape index (κ1) is 13.8. The molecule has 18 heavy (non-hydrogen) atoms. The highest BCUT2D eigenvalue weighted by Gasteiger charge is 2.27. The Morgan fingerprint density at radius 1 is 1.44 bits per heavy atom. The van der Waals surface area contributed by atoms with Crippen LogP contribution in [0.4, 0.5) is 5.69 Å². The summed E-state index contributed by atoms with van der Waals surface area (Å²) in [4.78, 5) is 25.2. The number of nitrogens with zero attached hydrogens (tertiary/aromatic N) is 2. The molecule has 0 heterocycles. The van der Waals surface area contributed by atoms with E-state index in [0.29, 0.717) is 5.56 Å². The third-order valence-corrected chi connectivity index (χ3v) is 2.41. The fourth-order valence-electron chi connectivity index (χ4n) is 1.10. The van der Waals surface area contributed by atoms with Gasteiger partial charge in [0.1, 0.15) is 6.61 Å². The Balaban J connectivity index is 2.62. The molecule has 0 saturated heterocycles. The van der Waals surface area contributed by atoms with Gasteiger partial charge in [0.25, 0.3) is 5.69 Å². The number of carbonyl (C=O) groups is 1. The van der Waals surface area contributed by atoms with Crippen LogP contribution in [0, 0.1) is 10.1 Å². The Morgan fingerprint density at radius 3 is 2.44 bits per heavy atom. The van der Waals surface area contributed by atoms with Gasteiger partial charge in [-0.15, -0.1) is 0 Å². The van der Waals surface area contributed by atoms with Crippen molar-refractivity contribution in [3.63, 3.8) is 0 Å². The molecule has 1 aromatic carbocycles. The molecule has 6 heteroatoms. The lowest BCUT2D eigenvalue weighted by molar-refractivity contribution is -0.384. The van der Waals surface area contributed by atoms with Crippen molar-refractivity contribution in [2.45, 2.75) is 26.0 Å². The molecule has 1 aromatic rings. The van der Waals surface area contributed by atoms with E-state index in [2.05, 4.69) is 11.7 Å². The van der Waals surface area contributed by atoms with Gasteiger partial charge < -0.3 is 4.74 Å². The van der Waals surface area contributed by atoms with E-state index in [4.69, 9.17) is 4.74 Å². The van der Waals surface area contributed by atoms with Gasteiger partial charge in [0, 0.05) is 12.1 Å². The number of carbonyl (C=O) groups excluding carboxylic acids is 1. The van der Waals surface area contributed by atoms with Crippen molar-refractivity contribution in [1.29, 1.82) is 0 Å². The Hall–Kier alpha value is -2.24. The number of nitro benzene ring substituents is 1. The van der Waals surface area contributed by atoms with E-state index in [-0.39, 0.29) is 12.3 Å². The second-order valence-corrected chi connectivity index (χ2v) is 4.22. The highest BCUT2D eigenvalue weighted by Crippen LogP contribution is 2.15. The summed E-state index contributed by atoms with van der Waals surface area (Å²) >= 11 is 0. The summed E-state index contributed by atoms with van der Waals surface area (Å²) in [6.45, 7) is 6.56. The fourth-order valence-corrected chi connectivity index (χ4v) is 1.10. The molecule has 0 radical (unpaired) electrons. The molecule has 0 aromatic heterocycles. The molecular weight excluding hydrogens is 236 g/mol. The summed E-state index contributed by atoms with van der Waals surface area (Å²) in [5.74, 6) is -0.490. The molecule has 0 atom stereocenters. The van der Waals surface area contributed by atoms with E-state index in [1.807, 2.05) is 0 Å². The van der Waals surface area contributed by atoms with Crippen LogP contribution in [0.1, 0.15) is 19.4 Å². The van der Waals surface area contributed by atoms with Crippen LogP contribution in [0.25, 0.3) is 0 Å². The predicted octanol–water partition coefficient (Wildman–Crippen LogP) is 2.12. The zero-order valence-corrected chi connectivity index (χ0v) is 10.3. The Morgan fingerprint density at radius 2 is 2.00 bits per heavy atom. The van der Waals surface area contributed by atoms with Crippen molar-refractivity contribution in [3.8, 4) is 0 Å². The van der Waals surface area contributed by atoms with Gasteiger partial charge in [0.15, 0.2) is 5.54 Å². The van der Waals surface area contributed by atoms with Gasteiger partial charge in [-0.2, -0.15) is 0 Å². The van der Waals surface area contributed by atoms with Crippen molar-refractivity contribution >= 4 is 18.4 Å². The molecule has 0 aliphatic rings. The number of hydrogen-bond donors (Lipinski definition) is 0. The van der Waals surface area contributed by atoms with Crippen LogP contribution in [0.3, 0.4) is 0 Å². The van der Waals surface area contributed by atoms with Crippen LogP contribution in [-0.2, 0) is 16.1 Å². The van der Waals surface area contributed by atoms with Crippen LogP contribution in [0.5, 0.6) is 0 Å². The molecule has 0 saturated carbocycles. The van der Waals surface area contributed by atoms with E-state index in [1.54, 1.807) is 26.0 Å². The number of non-ortho nitro benzene ring substituents is 1. The summed E-state index contributed by atoms with van der Waals surface area (Å²) in [6, 6.07) is 5.81. The number of benzene rings is 1. The second-order valence-electron chi connectivity index (χ2n) is 4.22. The highest BCUT2D eigenvalue weighted by molar-refractivity contribution is 5.80. The molecule has 0 N–H and O–H groups in total. The second kappa shape index (κ2) is 5.39. The Kier molecular flexibility index (Phi) is 4.14. The minimum Gasteiger partial charge on any atom is -0.459 e. The number of ether oxygens (including phenoxy) is 1. The van der Waals surface area contributed by atoms with Gasteiger partial charge in [-0.3, -0.25) is 15.1 Å². The first-order valence-electron chi connectivity index (χ1n) is 5.25. The molecule has 0 spiro atoms. The minimum absolute atomic E-state index is 0.00170. The number of esters is 1.